The molecule has 0 spiro atoms. The van der Waals surface area contributed by atoms with Crippen molar-refractivity contribution in [1.29, 1.82) is 0 Å². The highest BCUT2D eigenvalue weighted by Gasteiger charge is 2.18. The Morgan fingerprint density at radius 1 is 1.29 bits per heavy atom. The lowest BCUT2D eigenvalue weighted by Gasteiger charge is -2.19. The fraction of sp³-hybridized carbons (Fsp3) is 0.500. The fourth-order valence-electron chi connectivity index (χ4n) is 2.28. The Kier molecular flexibility index (Phi) is 5.70. The van der Waals surface area contributed by atoms with Crippen molar-refractivity contribution in [1.82, 2.24) is 9.55 Å². The number of fused-ring (bicyclic) bond motifs is 1. The lowest BCUT2D eigenvalue weighted by Crippen LogP contribution is -2.27. The molecule has 1 aromatic carbocycles. The zero-order valence-electron chi connectivity index (χ0n) is 14.8. The van der Waals surface area contributed by atoms with E-state index in [1.807, 2.05) is 52.8 Å². The minimum Gasteiger partial charge on any atom is -0.459 e. The highest BCUT2D eigenvalue weighted by Crippen LogP contribution is 2.20. The van der Waals surface area contributed by atoms with Gasteiger partial charge in [0.25, 0.3) is 5.56 Å². The van der Waals surface area contributed by atoms with E-state index in [9.17, 15) is 9.59 Å². The van der Waals surface area contributed by atoms with E-state index in [0.717, 1.165) is 0 Å². The second kappa shape index (κ2) is 7.38. The largest absolute Gasteiger partial charge is 0.459 e. The summed E-state index contributed by atoms with van der Waals surface area (Å²) in [5.74, 6) is 0.109. The average molecular weight is 348 g/mol. The summed E-state index contributed by atoms with van der Waals surface area (Å²) in [7, 11) is 0. The lowest BCUT2D eigenvalue weighted by atomic mass is 10.2. The van der Waals surface area contributed by atoms with Gasteiger partial charge in [0.15, 0.2) is 5.16 Å². The van der Waals surface area contributed by atoms with E-state index in [1.54, 1.807) is 10.6 Å². The predicted octanol–water partition coefficient (Wildman–Crippen LogP) is 3.49. The van der Waals surface area contributed by atoms with Gasteiger partial charge in [-0.15, -0.1) is 0 Å². The van der Waals surface area contributed by atoms with E-state index in [1.165, 1.54) is 11.8 Å². The van der Waals surface area contributed by atoms with Crippen LogP contribution in [0.15, 0.2) is 34.2 Å². The Balaban J connectivity index is 2.33. The van der Waals surface area contributed by atoms with Crippen LogP contribution in [0.1, 0.15) is 34.6 Å². The summed E-state index contributed by atoms with van der Waals surface area (Å²) in [6.07, 6.45) is 0. The summed E-state index contributed by atoms with van der Waals surface area (Å²) in [5.41, 5.74) is 0.0571. The molecule has 0 saturated heterocycles. The molecule has 1 heterocycles. The van der Waals surface area contributed by atoms with Crippen LogP contribution in [0.4, 0.5) is 0 Å². The summed E-state index contributed by atoms with van der Waals surface area (Å²) < 4.78 is 6.98. The molecule has 2 rings (SSSR count). The average Bonchev–Trinajstić information content (AvgIpc) is 2.46. The van der Waals surface area contributed by atoms with Crippen LogP contribution in [0.5, 0.6) is 0 Å². The monoisotopic (exact) mass is 348 g/mol. The Morgan fingerprint density at radius 3 is 2.58 bits per heavy atom. The molecule has 0 saturated carbocycles. The third-order valence-electron chi connectivity index (χ3n) is 3.11. The van der Waals surface area contributed by atoms with Gasteiger partial charge in [-0.2, -0.15) is 0 Å². The van der Waals surface area contributed by atoms with Crippen molar-refractivity contribution in [2.24, 2.45) is 5.92 Å². The number of ether oxygens (including phenoxy) is 1. The molecule has 5 nitrogen and oxygen atoms in total. The number of esters is 1. The Hall–Kier alpha value is -1.82. The minimum atomic E-state index is -0.522. The highest BCUT2D eigenvalue weighted by atomic mass is 32.2. The maximum atomic E-state index is 12.8. The number of hydrogen-bond acceptors (Lipinski definition) is 5. The van der Waals surface area contributed by atoms with Crippen molar-refractivity contribution in [3.8, 4) is 0 Å². The van der Waals surface area contributed by atoms with E-state index < -0.39 is 5.60 Å². The summed E-state index contributed by atoms with van der Waals surface area (Å²) in [5, 5.41) is 1.15. The number of nitrogens with zero attached hydrogens (tertiary/aromatic N) is 2. The summed E-state index contributed by atoms with van der Waals surface area (Å²) in [4.78, 5) is 29.3. The van der Waals surface area contributed by atoms with Crippen LogP contribution in [0.3, 0.4) is 0 Å². The SMILES string of the molecule is CC(C)Cn1c(SCC(=O)OC(C)(C)C)nc2ccccc2c1=O. The zero-order chi connectivity index (χ0) is 17.9. The summed E-state index contributed by atoms with van der Waals surface area (Å²) in [6.45, 7) is 10.1. The molecule has 6 heteroatoms. The molecule has 0 bridgehead atoms. The maximum absolute atomic E-state index is 12.8. The first kappa shape index (κ1) is 18.5. The molecule has 0 N–H and O–H groups in total. The smallest absolute Gasteiger partial charge is 0.316 e. The molecule has 0 aliphatic heterocycles. The quantitative estimate of drug-likeness (QED) is 0.470. The van der Waals surface area contributed by atoms with E-state index in [0.29, 0.717) is 28.5 Å². The van der Waals surface area contributed by atoms with Crippen LogP contribution in [0.25, 0.3) is 10.9 Å². The molecule has 0 fully saturated rings. The number of aromatic nitrogens is 2. The topological polar surface area (TPSA) is 61.2 Å². The molecule has 0 radical (unpaired) electrons. The fourth-order valence-corrected chi connectivity index (χ4v) is 3.06. The van der Waals surface area contributed by atoms with E-state index in [2.05, 4.69) is 4.98 Å². The van der Waals surface area contributed by atoms with Gasteiger partial charge in [-0.1, -0.05) is 37.7 Å². The van der Waals surface area contributed by atoms with Crippen LogP contribution in [0, 0.1) is 5.92 Å². The van der Waals surface area contributed by atoms with Crippen molar-refractivity contribution < 1.29 is 9.53 Å². The van der Waals surface area contributed by atoms with Gasteiger partial charge in [-0.3, -0.25) is 14.2 Å². The van der Waals surface area contributed by atoms with Crippen LogP contribution in [0.2, 0.25) is 0 Å². The third-order valence-corrected chi connectivity index (χ3v) is 4.06. The summed E-state index contributed by atoms with van der Waals surface area (Å²) in [6, 6.07) is 7.28. The Bertz CT molecular complexity index is 791. The van der Waals surface area contributed by atoms with Crippen LogP contribution < -0.4 is 5.56 Å². The van der Waals surface area contributed by atoms with Gasteiger partial charge >= 0.3 is 5.97 Å². The second-order valence-corrected chi connectivity index (χ2v) is 8.04. The third kappa shape index (κ3) is 4.84. The number of carbonyl (C=O) groups excluding carboxylic acids is 1. The van der Waals surface area contributed by atoms with Crippen molar-refractivity contribution in [2.75, 3.05) is 5.75 Å². The van der Waals surface area contributed by atoms with Gasteiger partial charge in [0.05, 0.1) is 16.7 Å². The van der Waals surface area contributed by atoms with Gasteiger partial charge in [0.1, 0.15) is 5.60 Å². The molecule has 0 amide bonds. The Labute approximate surface area is 146 Å². The maximum Gasteiger partial charge on any atom is 0.316 e. The van der Waals surface area contributed by atoms with Crippen molar-refractivity contribution in [3.63, 3.8) is 0 Å². The zero-order valence-corrected chi connectivity index (χ0v) is 15.6. The van der Waals surface area contributed by atoms with Gasteiger partial charge in [0.2, 0.25) is 0 Å². The second-order valence-electron chi connectivity index (χ2n) is 7.10. The number of thioether (sulfide) groups is 1. The molecule has 0 unspecified atom stereocenters. The number of benzene rings is 1. The summed E-state index contributed by atoms with van der Waals surface area (Å²) >= 11 is 1.24. The van der Waals surface area contributed by atoms with E-state index >= 15 is 0 Å². The molecule has 1 aromatic heterocycles. The van der Waals surface area contributed by atoms with Crippen molar-refractivity contribution in [2.45, 2.75) is 51.9 Å². The number of hydrogen-bond donors (Lipinski definition) is 0. The molecule has 2 aromatic rings. The Morgan fingerprint density at radius 2 is 1.96 bits per heavy atom. The minimum absolute atomic E-state index is 0.0685. The van der Waals surface area contributed by atoms with E-state index in [-0.39, 0.29) is 17.3 Å². The molecular weight excluding hydrogens is 324 g/mol. The highest BCUT2D eigenvalue weighted by molar-refractivity contribution is 7.99. The van der Waals surface area contributed by atoms with Crippen molar-refractivity contribution in [3.05, 3.63) is 34.6 Å². The van der Waals surface area contributed by atoms with Crippen LogP contribution in [-0.4, -0.2) is 26.9 Å². The standard InChI is InChI=1S/C18H24N2O3S/c1-12(2)10-20-16(22)13-8-6-7-9-14(13)19-17(20)24-11-15(21)23-18(3,4)5/h6-9,12H,10-11H2,1-5H3. The van der Waals surface area contributed by atoms with Crippen molar-refractivity contribution >= 4 is 28.6 Å². The van der Waals surface area contributed by atoms with Gasteiger partial charge in [-0.25, -0.2) is 4.98 Å². The molecule has 0 aliphatic rings. The van der Waals surface area contributed by atoms with Gasteiger partial charge < -0.3 is 4.74 Å². The first-order valence-corrected chi connectivity index (χ1v) is 9.00. The molecular formula is C18H24N2O3S. The molecule has 130 valence electrons. The van der Waals surface area contributed by atoms with Gasteiger partial charge in [0, 0.05) is 6.54 Å². The number of carbonyl (C=O) groups is 1. The molecule has 0 atom stereocenters. The van der Waals surface area contributed by atoms with E-state index in [4.69, 9.17) is 4.74 Å². The lowest BCUT2D eigenvalue weighted by molar-refractivity contribution is -0.151. The van der Waals surface area contributed by atoms with Gasteiger partial charge in [-0.05, 0) is 38.8 Å². The molecule has 0 aliphatic carbocycles. The normalized spacial score (nSPS) is 11.9. The number of rotatable bonds is 5. The predicted molar refractivity (Wildman–Crippen MR) is 97.4 cm³/mol. The first-order valence-electron chi connectivity index (χ1n) is 8.01. The number of para-hydroxylation sites is 1. The molecule has 24 heavy (non-hydrogen) atoms. The first-order chi connectivity index (χ1) is 11.2. The van der Waals surface area contributed by atoms with Crippen LogP contribution >= 0.6 is 11.8 Å². The van der Waals surface area contributed by atoms with Crippen LogP contribution in [-0.2, 0) is 16.1 Å².